The van der Waals surface area contributed by atoms with Gasteiger partial charge in [0.15, 0.2) is 0 Å². The van der Waals surface area contributed by atoms with E-state index in [-0.39, 0.29) is 16.3 Å². The van der Waals surface area contributed by atoms with Crippen molar-refractivity contribution in [2.24, 2.45) is 0 Å². The lowest BCUT2D eigenvalue weighted by Gasteiger charge is -2.35. The molecule has 2 N–H and O–H groups in total. The number of rotatable bonds is 5. The molecule has 1 aliphatic rings. The molecule has 5 nitrogen and oxygen atoms in total. The maximum atomic E-state index is 12.3. The predicted molar refractivity (Wildman–Crippen MR) is 90.9 cm³/mol. The molecule has 1 fully saturated rings. The summed E-state index contributed by atoms with van der Waals surface area (Å²) in [5.74, 6) is -0.299. The molecule has 1 aliphatic carbocycles. The van der Waals surface area contributed by atoms with Crippen molar-refractivity contribution >= 4 is 27.5 Å². The summed E-state index contributed by atoms with van der Waals surface area (Å²) in [5.41, 5.74) is -0.241. The first-order valence-corrected chi connectivity index (χ1v) is 9.68. The third-order valence-electron chi connectivity index (χ3n) is 4.23. The molecule has 0 aliphatic heterocycles. The summed E-state index contributed by atoms with van der Waals surface area (Å²) in [4.78, 5) is 12.4. The minimum atomic E-state index is -3.75. The number of hydrogen-bond acceptors (Lipinski definition) is 3. The van der Waals surface area contributed by atoms with Crippen LogP contribution in [0.25, 0.3) is 0 Å². The fourth-order valence-electron chi connectivity index (χ4n) is 2.83. The molecule has 128 valence electrons. The lowest BCUT2D eigenvalue weighted by molar-refractivity contribution is -0.124. The van der Waals surface area contributed by atoms with E-state index in [1.165, 1.54) is 30.7 Å². The normalized spacial score (nSPS) is 19.1. The Kier molecular flexibility index (Phi) is 5.70. The van der Waals surface area contributed by atoms with Crippen LogP contribution >= 0.6 is 11.6 Å². The maximum absolute atomic E-state index is 12.3. The van der Waals surface area contributed by atoms with E-state index in [1.807, 2.05) is 6.92 Å². The number of hydrogen-bond donors (Lipinski definition) is 2. The topological polar surface area (TPSA) is 75.3 Å². The van der Waals surface area contributed by atoms with Gasteiger partial charge < -0.3 is 5.32 Å². The summed E-state index contributed by atoms with van der Waals surface area (Å²) in [6, 6.07) is 5.00. The van der Waals surface area contributed by atoms with Gasteiger partial charge in [0.25, 0.3) is 0 Å². The van der Waals surface area contributed by atoms with Crippen molar-refractivity contribution in [3.8, 4) is 0 Å². The highest BCUT2D eigenvalue weighted by atomic mass is 35.5. The number of amides is 1. The van der Waals surface area contributed by atoms with Gasteiger partial charge in [-0.3, -0.25) is 4.79 Å². The first-order valence-electron chi connectivity index (χ1n) is 7.82. The van der Waals surface area contributed by atoms with Gasteiger partial charge in [0.1, 0.15) is 0 Å². The molecule has 0 bridgehead atoms. The van der Waals surface area contributed by atoms with Crippen LogP contribution in [-0.2, 0) is 14.8 Å². The molecule has 1 saturated carbocycles. The van der Waals surface area contributed by atoms with Gasteiger partial charge in [0.2, 0.25) is 15.9 Å². The van der Waals surface area contributed by atoms with Gasteiger partial charge in [-0.05, 0) is 51.0 Å². The van der Waals surface area contributed by atoms with E-state index in [2.05, 4.69) is 10.0 Å². The highest BCUT2D eigenvalue weighted by Gasteiger charge is 2.31. The van der Waals surface area contributed by atoms with Gasteiger partial charge in [0, 0.05) is 10.6 Å². The summed E-state index contributed by atoms with van der Waals surface area (Å²) < 4.78 is 27.0. The number of benzene rings is 1. The molecule has 0 radical (unpaired) electrons. The fraction of sp³-hybridized carbons (Fsp3) is 0.562. The Balaban J connectivity index is 2.01. The van der Waals surface area contributed by atoms with Gasteiger partial charge in [-0.1, -0.05) is 30.9 Å². The zero-order valence-electron chi connectivity index (χ0n) is 13.4. The van der Waals surface area contributed by atoms with Crippen LogP contribution in [0.15, 0.2) is 29.2 Å². The first kappa shape index (κ1) is 18.2. The molecular formula is C16H23ClN2O3S. The summed E-state index contributed by atoms with van der Waals surface area (Å²) in [5, 5.41) is 3.45. The number of nitrogens with one attached hydrogen (secondary N) is 2. The van der Waals surface area contributed by atoms with E-state index in [0.717, 1.165) is 25.7 Å². The minimum Gasteiger partial charge on any atom is -0.350 e. The molecule has 0 heterocycles. The number of carbonyl (C=O) groups is 1. The molecule has 0 aromatic heterocycles. The van der Waals surface area contributed by atoms with Crippen LogP contribution in [0, 0.1) is 0 Å². The molecule has 0 saturated heterocycles. The number of sulfonamides is 1. The first-order chi connectivity index (χ1) is 10.7. The van der Waals surface area contributed by atoms with Gasteiger partial charge in [0.05, 0.1) is 10.9 Å². The Morgan fingerprint density at radius 3 is 2.30 bits per heavy atom. The largest absolute Gasteiger partial charge is 0.350 e. The zero-order chi connectivity index (χ0) is 17.1. The molecule has 1 aromatic rings. The number of halogens is 1. The molecule has 0 spiro atoms. The van der Waals surface area contributed by atoms with Gasteiger partial charge in [-0.2, -0.15) is 4.72 Å². The molecule has 1 atom stereocenters. The average molecular weight is 359 g/mol. The standard InChI is InChI=1S/C16H23ClN2O3S/c1-12(15(20)18-16(2)10-4-3-5-11-16)19-23(21,22)14-8-6-13(17)7-9-14/h6-9,12,19H,3-5,10-11H2,1-2H3,(H,18,20)/t12-/m0/s1. The molecule has 1 amide bonds. The summed E-state index contributed by atoms with van der Waals surface area (Å²) in [6.07, 6.45) is 5.21. The lowest BCUT2D eigenvalue weighted by atomic mass is 9.83. The third kappa shape index (κ3) is 4.93. The summed E-state index contributed by atoms with van der Waals surface area (Å²) in [6.45, 7) is 3.57. The Morgan fingerprint density at radius 2 is 1.74 bits per heavy atom. The molecule has 1 aromatic carbocycles. The third-order valence-corrected chi connectivity index (χ3v) is 6.04. The van der Waals surface area contributed by atoms with Crippen molar-refractivity contribution in [2.45, 2.75) is 62.4 Å². The van der Waals surface area contributed by atoms with E-state index < -0.39 is 16.1 Å². The van der Waals surface area contributed by atoms with Gasteiger partial charge >= 0.3 is 0 Å². The SMILES string of the molecule is C[C@H](NS(=O)(=O)c1ccc(Cl)cc1)C(=O)NC1(C)CCCCC1. The minimum absolute atomic E-state index is 0.0884. The average Bonchev–Trinajstić information content (AvgIpc) is 2.47. The van der Waals surface area contributed by atoms with Crippen LogP contribution in [0.1, 0.15) is 46.0 Å². The van der Waals surface area contributed by atoms with Crippen LogP contribution in [0.2, 0.25) is 5.02 Å². The Bertz CT molecular complexity index is 652. The second kappa shape index (κ2) is 7.20. The van der Waals surface area contributed by atoms with Gasteiger partial charge in [-0.25, -0.2) is 8.42 Å². The molecule has 7 heteroatoms. The second-order valence-corrected chi connectivity index (χ2v) is 8.56. The highest BCUT2D eigenvalue weighted by Crippen LogP contribution is 2.27. The monoisotopic (exact) mass is 358 g/mol. The maximum Gasteiger partial charge on any atom is 0.241 e. The molecule has 0 unspecified atom stereocenters. The van der Waals surface area contributed by atoms with E-state index in [1.54, 1.807) is 6.92 Å². The van der Waals surface area contributed by atoms with E-state index in [0.29, 0.717) is 5.02 Å². The van der Waals surface area contributed by atoms with Crippen molar-refractivity contribution in [3.05, 3.63) is 29.3 Å². The highest BCUT2D eigenvalue weighted by molar-refractivity contribution is 7.89. The lowest BCUT2D eigenvalue weighted by Crippen LogP contribution is -2.53. The smallest absolute Gasteiger partial charge is 0.241 e. The van der Waals surface area contributed by atoms with Crippen LogP contribution in [-0.4, -0.2) is 25.9 Å². The molecule has 23 heavy (non-hydrogen) atoms. The zero-order valence-corrected chi connectivity index (χ0v) is 15.0. The molecular weight excluding hydrogens is 336 g/mol. The van der Waals surface area contributed by atoms with Crippen molar-refractivity contribution in [2.75, 3.05) is 0 Å². The van der Waals surface area contributed by atoms with Crippen LogP contribution < -0.4 is 10.0 Å². The van der Waals surface area contributed by atoms with Crippen molar-refractivity contribution in [3.63, 3.8) is 0 Å². The Hall–Kier alpha value is -1.11. The Labute approximate surface area is 142 Å². The van der Waals surface area contributed by atoms with E-state index in [4.69, 9.17) is 11.6 Å². The second-order valence-electron chi connectivity index (χ2n) is 6.41. The predicted octanol–water partition coefficient (Wildman–Crippen LogP) is 2.85. The van der Waals surface area contributed by atoms with Crippen molar-refractivity contribution in [1.82, 2.24) is 10.0 Å². The van der Waals surface area contributed by atoms with Crippen LogP contribution in [0.4, 0.5) is 0 Å². The molecule has 2 rings (SSSR count). The Morgan fingerprint density at radius 1 is 1.17 bits per heavy atom. The summed E-state index contributed by atoms with van der Waals surface area (Å²) in [7, 11) is -3.75. The quantitative estimate of drug-likeness (QED) is 0.849. The number of carbonyl (C=O) groups excluding carboxylic acids is 1. The van der Waals surface area contributed by atoms with Crippen LogP contribution in [0.5, 0.6) is 0 Å². The van der Waals surface area contributed by atoms with Crippen LogP contribution in [0.3, 0.4) is 0 Å². The van der Waals surface area contributed by atoms with E-state index in [9.17, 15) is 13.2 Å². The van der Waals surface area contributed by atoms with Crippen molar-refractivity contribution in [1.29, 1.82) is 0 Å². The van der Waals surface area contributed by atoms with Gasteiger partial charge in [-0.15, -0.1) is 0 Å². The summed E-state index contributed by atoms with van der Waals surface area (Å²) >= 11 is 5.76. The van der Waals surface area contributed by atoms with Crippen molar-refractivity contribution < 1.29 is 13.2 Å². The van der Waals surface area contributed by atoms with E-state index >= 15 is 0 Å². The fourth-order valence-corrected chi connectivity index (χ4v) is 4.16.